The molecule has 2 atom stereocenters. The third-order valence-corrected chi connectivity index (χ3v) is 5.90. The van der Waals surface area contributed by atoms with Gasteiger partial charge in [-0.3, -0.25) is 4.79 Å². The van der Waals surface area contributed by atoms with Gasteiger partial charge in [0.05, 0.1) is 24.1 Å². The fraction of sp³-hybridized carbons (Fsp3) is 0.391. The van der Waals surface area contributed by atoms with Crippen LogP contribution in [0.3, 0.4) is 0 Å². The normalized spacial score (nSPS) is 18.2. The van der Waals surface area contributed by atoms with Gasteiger partial charge in [-0.1, -0.05) is 6.07 Å². The van der Waals surface area contributed by atoms with Crippen molar-refractivity contribution in [3.8, 4) is 11.5 Å². The first-order chi connectivity index (χ1) is 15.4. The van der Waals surface area contributed by atoms with Crippen LogP contribution in [0, 0.1) is 12.7 Å². The van der Waals surface area contributed by atoms with Gasteiger partial charge < -0.3 is 30.4 Å². The third-order valence-electron chi connectivity index (χ3n) is 5.90. The molecule has 2 unspecified atom stereocenters. The van der Waals surface area contributed by atoms with E-state index in [1.807, 2.05) is 20.2 Å². The van der Waals surface area contributed by atoms with Gasteiger partial charge in [-0.15, -0.1) is 0 Å². The molecule has 3 heterocycles. The predicted octanol–water partition coefficient (Wildman–Crippen LogP) is 1.81. The topological polar surface area (TPSA) is 108 Å². The van der Waals surface area contributed by atoms with E-state index in [4.69, 9.17) is 10.5 Å². The van der Waals surface area contributed by atoms with E-state index in [-0.39, 0.29) is 30.7 Å². The van der Waals surface area contributed by atoms with Crippen LogP contribution in [0.4, 0.5) is 4.39 Å². The minimum atomic E-state index is -0.819. The first-order valence-corrected chi connectivity index (χ1v) is 10.6. The van der Waals surface area contributed by atoms with Crippen molar-refractivity contribution in [1.82, 2.24) is 19.8 Å². The molecule has 0 radical (unpaired) electrons. The zero-order valence-corrected chi connectivity index (χ0v) is 18.2. The quantitative estimate of drug-likeness (QED) is 0.539. The van der Waals surface area contributed by atoms with Crippen LogP contribution < -0.4 is 10.5 Å². The van der Waals surface area contributed by atoms with Gasteiger partial charge in [0.25, 0.3) is 0 Å². The van der Waals surface area contributed by atoms with Crippen molar-refractivity contribution in [3.63, 3.8) is 0 Å². The number of nitrogens with one attached hydrogen (secondary N) is 1. The van der Waals surface area contributed by atoms with Gasteiger partial charge in [-0.05, 0) is 49.7 Å². The number of aliphatic hydroxyl groups excluding tert-OH is 1. The number of carbonyl (C=O) groups excluding carboxylic acids is 1. The second-order valence-corrected chi connectivity index (χ2v) is 8.31. The molecule has 1 aliphatic rings. The van der Waals surface area contributed by atoms with Crippen molar-refractivity contribution in [1.29, 1.82) is 0 Å². The van der Waals surface area contributed by atoms with E-state index in [2.05, 4.69) is 14.9 Å². The Hall–Kier alpha value is -3.01. The number of nitrogens with zero attached hydrogens (tertiary/aromatic N) is 3. The van der Waals surface area contributed by atoms with E-state index in [1.165, 1.54) is 6.07 Å². The molecular weight excluding hydrogens is 413 g/mol. The monoisotopic (exact) mass is 441 g/mol. The highest BCUT2D eigenvalue weighted by atomic mass is 19.1. The number of carbonyl (C=O) groups is 1. The first-order valence-electron chi connectivity index (χ1n) is 10.6. The number of aromatic nitrogens is 2. The fourth-order valence-electron chi connectivity index (χ4n) is 4.15. The number of nitrogens with two attached hydrogens (primary N) is 1. The number of piperazine rings is 1. The van der Waals surface area contributed by atoms with E-state index in [9.17, 15) is 14.3 Å². The molecule has 0 aliphatic carbocycles. The van der Waals surface area contributed by atoms with Gasteiger partial charge in [0.15, 0.2) is 11.6 Å². The van der Waals surface area contributed by atoms with Gasteiger partial charge in [0.1, 0.15) is 11.4 Å². The number of aliphatic hydroxyl groups is 1. The molecule has 1 saturated heterocycles. The van der Waals surface area contributed by atoms with Crippen molar-refractivity contribution in [2.45, 2.75) is 25.4 Å². The summed E-state index contributed by atoms with van der Waals surface area (Å²) in [5.41, 5.74) is 8.39. The SMILES string of the molecule is Cc1c[nH]c2nccc(Oc3ccc(CC(N)C(=O)N4CCN(C)CC4CO)cc3F)c12. The molecule has 0 saturated carbocycles. The maximum Gasteiger partial charge on any atom is 0.240 e. The Kier molecular flexibility index (Phi) is 6.40. The molecule has 1 amide bonds. The van der Waals surface area contributed by atoms with Gasteiger partial charge in [0, 0.05) is 32.0 Å². The number of hydrogen-bond donors (Lipinski definition) is 3. The van der Waals surface area contributed by atoms with Crippen LogP contribution in [0.5, 0.6) is 11.5 Å². The van der Waals surface area contributed by atoms with E-state index in [1.54, 1.807) is 29.3 Å². The average molecular weight is 442 g/mol. The number of aromatic amines is 1. The summed E-state index contributed by atoms with van der Waals surface area (Å²) in [4.78, 5) is 23.8. The van der Waals surface area contributed by atoms with E-state index < -0.39 is 11.9 Å². The molecule has 4 rings (SSSR count). The van der Waals surface area contributed by atoms with Crippen LogP contribution in [0.2, 0.25) is 0 Å². The number of aryl methyl sites for hydroxylation is 1. The number of ether oxygens (including phenoxy) is 1. The largest absolute Gasteiger partial charge is 0.453 e. The van der Waals surface area contributed by atoms with Crippen molar-refractivity contribution >= 4 is 16.9 Å². The number of likely N-dealkylation sites (N-methyl/N-ethyl adjacent to an activating group) is 1. The first kappa shape index (κ1) is 22.2. The Balaban J connectivity index is 1.46. The number of halogens is 1. The fourth-order valence-corrected chi connectivity index (χ4v) is 4.15. The lowest BCUT2D eigenvalue weighted by Gasteiger charge is -2.40. The molecule has 0 bridgehead atoms. The maximum absolute atomic E-state index is 14.8. The Morgan fingerprint density at radius 3 is 2.94 bits per heavy atom. The van der Waals surface area contributed by atoms with Crippen molar-refractivity contribution in [2.24, 2.45) is 5.73 Å². The molecule has 4 N–H and O–H groups in total. The number of rotatable bonds is 6. The third kappa shape index (κ3) is 4.45. The summed E-state index contributed by atoms with van der Waals surface area (Å²) in [6.07, 6.45) is 3.61. The molecule has 1 fully saturated rings. The molecular formula is C23H28FN5O3. The Labute approximate surface area is 185 Å². The minimum absolute atomic E-state index is 0.0844. The summed E-state index contributed by atoms with van der Waals surface area (Å²) in [5.74, 6) is -0.174. The Morgan fingerprint density at radius 2 is 2.19 bits per heavy atom. The van der Waals surface area contributed by atoms with E-state index in [0.29, 0.717) is 30.0 Å². The lowest BCUT2D eigenvalue weighted by atomic mass is 10.0. The summed E-state index contributed by atoms with van der Waals surface area (Å²) < 4.78 is 20.6. The van der Waals surface area contributed by atoms with Gasteiger partial charge in [0.2, 0.25) is 5.91 Å². The molecule has 0 spiro atoms. The molecule has 1 aliphatic heterocycles. The lowest BCUT2D eigenvalue weighted by Crippen LogP contribution is -2.59. The highest BCUT2D eigenvalue weighted by Gasteiger charge is 2.31. The Morgan fingerprint density at radius 1 is 1.38 bits per heavy atom. The van der Waals surface area contributed by atoms with Crippen LogP contribution in [0.25, 0.3) is 11.0 Å². The molecule has 170 valence electrons. The number of amides is 1. The summed E-state index contributed by atoms with van der Waals surface area (Å²) in [6.45, 7) is 3.63. The molecule has 9 heteroatoms. The molecule has 2 aromatic heterocycles. The van der Waals surface area contributed by atoms with Crippen molar-refractivity contribution < 1.29 is 19.0 Å². The van der Waals surface area contributed by atoms with Crippen LogP contribution >= 0.6 is 0 Å². The van der Waals surface area contributed by atoms with Crippen LogP contribution in [-0.2, 0) is 11.2 Å². The lowest BCUT2D eigenvalue weighted by molar-refractivity contribution is -0.138. The number of fused-ring (bicyclic) bond motifs is 1. The zero-order chi connectivity index (χ0) is 22.8. The number of pyridine rings is 1. The zero-order valence-electron chi connectivity index (χ0n) is 18.2. The summed E-state index contributed by atoms with van der Waals surface area (Å²) >= 11 is 0. The van der Waals surface area contributed by atoms with Crippen molar-refractivity contribution in [3.05, 3.63) is 53.6 Å². The van der Waals surface area contributed by atoms with Gasteiger partial charge >= 0.3 is 0 Å². The number of hydrogen-bond acceptors (Lipinski definition) is 6. The van der Waals surface area contributed by atoms with Crippen LogP contribution in [-0.4, -0.2) is 76.2 Å². The molecule has 8 nitrogen and oxygen atoms in total. The van der Waals surface area contributed by atoms with Crippen molar-refractivity contribution in [2.75, 3.05) is 33.3 Å². The summed E-state index contributed by atoms with van der Waals surface area (Å²) in [5, 5.41) is 10.4. The average Bonchev–Trinajstić information content (AvgIpc) is 3.16. The maximum atomic E-state index is 14.8. The van der Waals surface area contributed by atoms with E-state index in [0.717, 1.165) is 17.5 Å². The number of benzene rings is 1. The van der Waals surface area contributed by atoms with Gasteiger partial charge in [-0.2, -0.15) is 0 Å². The van der Waals surface area contributed by atoms with Crippen LogP contribution in [0.15, 0.2) is 36.7 Å². The standard InChI is InChI=1S/C23H28FN5O3/c1-14-11-27-22-21(14)20(5-6-26-22)32-19-4-3-15(9-17(19)24)10-18(25)23(31)29-8-7-28(2)12-16(29)13-30/h3-6,9,11,16,18,30H,7-8,10,12-13,25H2,1-2H3,(H,26,27). The predicted molar refractivity (Wildman–Crippen MR) is 119 cm³/mol. The molecule has 1 aromatic carbocycles. The molecule has 3 aromatic rings. The van der Waals surface area contributed by atoms with Crippen LogP contribution in [0.1, 0.15) is 11.1 Å². The second kappa shape index (κ2) is 9.23. The highest BCUT2D eigenvalue weighted by molar-refractivity contribution is 5.86. The molecule has 32 heavy (non-hydrogen) atoms. The smallest absolute Gasteiger partial charge is 0.240 e. The second-order valence-electron chi connectivity index (χ2n) is 8.31. The summed E-state index contributed by atoms with van der Waals surface area (Å²) in [6, 6.07) is 5.19. The summed E-state index contributed by atoms with van der Waals surface area (Å²) in [7, 11) is 1.95. The highest BCUT2D eigenvalue weighted by Crippen LogP contribution is 2.32. The minimum Gasteiger partial charge on any atom is -0.453 e. The Bertz CT molecular complexity index is 1120. The van der Waals surface area contributed by atoms with Gasteiger partial charge in [-0.25, -0.2) is 9.37 Å². The van der Waals surface area contributed by atoms with E-state index >= 15 is 0 Å². The number of H-pyrrole nitrogens is 1.